The van der Waals surface area contributed by atoms with Crippen molar-refractivity contribution in [3.8, 4) is 0 Å². The Balaban J connectivity index is 2.22. The van der Waals surface area contributed by atoms with Gasteiger partial charge in [-0.15, -0.1) is 0 Å². The maximum atomic E-state index is 3.52. The number of aryl methyl sites for hydroxylation is 2. The van der Waals surface area contributed by atoms with Crippen LogP contribution >= 0.6 is 0 Å². The molecular weight excluding hydrogens is 194 g/mol. The summed E-state index contributed by atoms with van der Waals surface area (Å²) in [6.07, 6.45) is 4.09. The average molecular weight is 217 g/mol. The van der Waals surface area contributed by atoms with Gasteiger partial charge in [0.15, 0.2) is 0 Å². The molecule has 0 heterocycles. The van der Waals surface area contributed by atoms with E-state index in [-0.39, 0.29) is 0 Å². The Morgan fingerprint density at radius 2 is 1.94 bits per heavy atom. The SMILES string of the molecule is CCNCC1(c2ccc(C)c(C)c2)CCC1. The van der Waals surface area contributed by atoms with Crippen molar-refractivity contribution in [2.24, 2.45) is 0 Å². The first-order valence-corrected chi connectivity index (χ1v) is 6.46. The van der Waals surface area contributed by atoms with E-state index >= 15 is 0 Å². The van der Waals surface area contributed by atoms with Gasteiger partial charge in [0.2, 0.25) is 0 Å². The van der Waals surface area contributed by atoms with E-state index in [4.69, 9.17) is 0 Å². The molecule has 1 heteroatoms. The summed E-state index contributed by atoms with van der Waals surface area (Å²) in [5, 5.41) is 3.52. The smallest absolute Gasteiger partial charge is 0.00779 e. The zero-order valence-corrected chi connectivity index (χ0v) is 10.8. The molecule has 1 aromatic carbocycles. The van der Waals surface area contributed by atoms with Crippen LogP contribution in [0.2, 0.25) is 0 Å². The van der Waals surface area contributed by atoms with Crippen LogP contribution in [0.5, 0.6) is 0 Å². The van der Waals surface area contributed by atoms with Crippen LogP contribution in [0, 0.1) is 13.8 Å². The molecule has 0 unspecified atom stereocenters. The van der Waals surface area contributed by atoms with Crippen molar-refractivity contribution >= 4 is 0 Å². The summed E-state index contributed by atoms with van der Waals surface area (Å²) in [5.74, 6) is 0. The first kappa shape index (κ1) is 11.7. The average Bonchev–Trinajstić information content (AvgIpc) is 2.22. The van der Waals surface area contributed by atoms with Gasteiger partial charge in [-0.2, -0.15) is 0 Å². The van der Waals surface area contributed by atoms with E-state index in [0.717, 1.165) is 13.1 Å². The number of likely N-dealkylation sites (N-methyl/N-ethyl adjacent to an activating group) is 1. The Morgan fingerprint density at radius 1 is 1.19 bits per heavy atom. The molecule has 2 rings (SSSR count). The van der Waals surface area contributed by atoms with Gasteiger partial charge in [0.1, 0.15) is 0 Å². The minimum atomic E-state index is 0.439. The van der Waals surface area contributed by atoms with Crippen molar-refractivity contribution in [1.29, 1.82) is 0 Å². The van der Waals surface area contributed by atoms with E-state index < -0.39 is 0 Å². The Morgan fingerprint density at radius 3 is 2.44 bits per heavy atom. The second-order valence-corrected chi connectivity index (χ2v) is 5.21. The summed E-state index contributed by atoms with van der Waals surface area (Å²) < 4.78 is 0. The lowest BCUT2D eigenvalue weighted by Crippen LogP contribution is -2.43. The molecule has 0 bridgehead atoms. The third kappa shape index (κ3) is 2.01. The minimum absolute atomic E-state index is 0.439. The highest BCUT2D eigenvalue weighted by molar-refractivity contribution is 5.36. The normalized spacial score (nSPS) is 18.2. The van der Waals surface area contributed by atoms with Gasteiger partial charge in [-0.3, -0.25) is 0 Å². The molecule has 1 fully saturated rings. The van der Waals surface area contributed by atoms with Gasteiger partial charge in [-0.25, -0.2) is 0 Å². The topological polar surface area (TPSA) is 12.0 Å². The first-order chi connectivity index (χ1) is 7.68. The van der Waals surface area contributed by atoms with Crippen LogP contribution in [0.3, 0.4) is 0 Å². The molecule has 0 aliphatic heterocycles. The summed E-state index contributed by atoms with van der Waals surface area (Å²) in [7, 11) is 0. The number of hydrogen-bond acceptors (Lipinski definition) is 1. The maximum Gasteiger partial charge on any atom is 0.00779 e. The molecule has 0 amide bonds. The Labute approximate surface area is 99.3 Å². The predicted octanol–water partition coefficient (Wildman–Crippen LogP) is 3.33. The minimum Gasteiger partial charge on any atom is -0.316 e. The van der Waals surface area contributed by atoms with Crippen molar-refractivity contribution < 1.29 is 0 Å². The molecule has 0 spiro atoms. The molecule has 0 atom stereocenters. The lowest BCUT2D eigenvalue weighted by atomic mass is 9.64. The number of benzene rings is 1. The van der Waals surface area contributed by atoms with Crippen LogP contribution < -0.4 is 5.32 Å². The largest absolute Gasteiger partial charge is 0.316 e. The van der Waals surface area contributed by atoms with E-state index in [0.29, 0.717) is 5.41 Å². The van der Waals surface area contributed by atoms with E-state index in [9.17, 15) is 0 Å². The van der Waals surface area contributed by atoms with E-state index in [2.05, 4.69) is 44.3 Å². The predicted molar refractivity (Wildman–Crippen MR) is 70.0 cm³/mol. The van der Waals surface area contributed by atoms with E-state index in [1.165, 1.54) is 30.4 Å². The van der Waals surface area contributed by atoms with Crippen LogP contribution in [-0.4, -0.2) is 13.1 Å². The second kappa shape index (κ2) is 4.58. The van der Waals surface area contributed by atoms with Gasteiger partial charge in [0.05, 0.1) is 0 Å². The third-order valence-electron chi connectivity index (χ3n) is 4.14. The first-order valence-electron chi connectivity index (χ1n) is 6.46. The van der Waals surface area contributed by atoms with Gasteiger partial charge in [0.25, 0.3) is 0 Å². The standard InChI is InChI=1S/C15H23N/c1-4-16-11-15(8-5-9-15)14-7-6-12(2)13(3)10-14/h6-7,10,16H,4-5,8-9,11H2,1-3H3. The highest BCUT2D eigenvalue weighted by atomic mass is 14.9. The lowest BCUT2D eigenvalue weighted by molar-refractivity contribution is 0.235. The number of nitrogens with one attached hydrogen (secondary N) is 1. The zero-order chi connectivity index (χ0) is 11.6. The second-order valence-electron chi connectivity index (χ2n) is 5.21. The van der Waals surface area contributed by atoms with Gasteiger partial charge in [-0.1, -0.05) is 31.5 Å². The summed E-state index contributed by atoms with van der Waals surface area (Å²) in [5.41, 5.74) is 4.82. The third-order valence-corrected chi connectivity index (χ3v) is 4.14. The zero-order valence-electron chi connectivity index (χ0n) is 10.8. The molecule has 0 aromatic heterocycles. The molecule has 0 saturated heterocycles. The molecule has 1 aliphatic rings. The lowest BCUT2D eigenvalue weighted by Gasteiger charge is -2.43. The highest BCUT2D eigenvalue weighted by Crippen LogP contribution is 2.43. The molecule has 1 nitrogen and oxygen atoms in total. The van der Waals surface area contributed by atoms with Crippen LogP contribution in [0.25, 0.3) is 0 Å². The molecule has 16 heavy (non-hydrogen) atoms. The molecule has 1 aliphatic carbocycles. The quantitative estimate of drug-likeness (QED) is 0.815. The molecular formula is C15H23N. The van der Waals surface area contributed by atoms with Gasteiger partial charge in [-0.05, 0) is 49.9 Å². The maximum absolute atomic E-state index is 3.52. The Bertz CT molecular complexity index is 364. The van der Waals surface area contributed by atoms with Crippen LogP contribution in [0.15, 0.2) is 18.2 Å². The fourth-order valence-electron chi connectivity index (χ4n) is 2.61. The monoisotopic (exact) mass is 217 g/mol. The van der Waals surface area contributed by atoms with E-state index in [1.807, 2.05) is 0 Å². The fourth-order valence-corrected chi connectivity index (χ4v) is 2.61. The highest BCUT2D eigenvalue weighted by Gasteiger charge is 2.38. The summed E-state index contributed by atoms with van der Waals surface area (Å²) in [6, 6.07) is 7.00. The van der Waals surface area contributed by atoms with Crippen molar-refractivity contribution in [3.63, 3.8) is 0 Å². The Hall–Kier alpha value is -0.820. The van der Waals surface area contributed by atoms with Crippen molar-refractivity contribution in [3.05, 3.63) is 34.9 Å². The van der Waals surface area contributed by atoms with Crippen LogP contribution in [-0.2, 0) is 5.41 Å². The van der Waals surface area contributed by atoms with Crippen molar-refractivity contribution in [2.45, 2.75) is 45.4 Å². The molecule has 1 aromatic rings. The fraction of sp³-hybridized carbons (Fsp3) is 0.600. The molecule has 1 saturated carbocycles. The van der Waals surface area contributed by atoms with Gasteiger partial charge >= 0.3 is 0 Å². The number of hydrogen-bond donors (Lipinski definition) is 1. The Kier molecular flexibility index (Phi) is 3.34. The van der Waals surface area contributed by atoms with Crippen LogP contribution in [0.1, 0.15) is 42.9 Å². The molecule has 0 radical (unpaired) electrons. The van der Waals surface area contributed by atoms with Gasteiger partial charge in [0, 0.05) is 12.0 Å². The molecule has 88 valence electrons. The van der Waals surface area contributed by atoms with Gasteiger partial charge < -0.3 is 5.32 Å². The molecule has 1 N–H and O–H groups in total. The number of rotatable bonds is 4. The van der Waals surface area contributed by atoms with E-state index in [1.54, 1.807) is 5.56 Å². The van der Waals surface area contributed by atoms with Crippen molar-refractivity contribution in [1.82, 2.24) is 5.32 Å². The summed E-state index contributed by atoms with van der Waals surface area (Å²) >= 11 is 0. The summed E-state index contributed by atoms with van der Waals surface area (Å²) in [6.45, 7) is 8.82. The van der Waals surface area contributed by atoms with Crippen LogP contribution in [0.4, 0.5) is 0 Å². The summed E-state index contributed by atoms with van der Waals surface area (Å²) in [4.78, 5) is 0. The van der Waals surface area contributed by atoms with Crippen molar-refractivity contribution in [2.75, 3.05) is 13.1 Å².